The van der Waals surface area contributed by atoms with Gasteiger partial charge in [0.2, 0.25) is 0 Å². The summed E-state index contributed by atoms with van der Waals surface area (Å²) < 4.78 is 40.1. The molecule has 0 spiro atoms. The van der Waals surface area contributed by atoms with Crippen LogP contribution in [0.3, 0.4) is 0 Å². The van der Waals surface area contributed by atoms with Gasteiger partial charge in [-0.15, -0.1) is 0 Å². The Morgan fingerprint density at radius 2 is 1.87 bits per heavy atom. The van der Waals surface area contributed by atoms with Crippen LogP contribution in [0.2, 0.25) is 0 Å². The summed E-state index contributed by atoms with van der Waals surface area (Å²) in [4.78, 5) is 2.29. The molecule has 130 valence electrons. The van der Waals surface area contributed by atoms with Crippen molar-refractivity contribution in [1.29, 1.82) is 0 Å². The summed E-state index contributed by atoms with van der Waals surface area (Å²) in [7, 11) is -3.47. The van der Waals surface area contributed by atoms with E-state index in [1.165, 1.54) is 4.31 Å². The number of nitrogens with zero attached hydrogens (tertiary/aromatic N) is 2. The largest absolute Gasteiger partial charge is 0.465 e. The molecule has 7 nitrogen and oxygen atoms in total. The minimum atomic E-state index is -3.47. The van der Waals surface area contributed by atoms with Crippen molar-refractivity contribution in [2.75, 3.05) is 45.9 Å². The van der Waals surface area contributed by atoms with Gasteiger partial charge in [0.25, 0.3) is 10.2 Å². The van der Waals surface area contributed by atoms with Gasteiger partial charge in [-0.1, -0.05) is 0 Å². The molecular weight excluding hydrogens is 318 g/mol. The van der Waals surface area contributed by atoms with Crippen molar-refractivity contribution >= 4 is 10.2 Å². The van der Waals surface area contributed by atoms with E-state index in [1.807, 2.05) is 19.1 Å². The molecule has 1 aromatic heterocycles. The molecule has 2 saturated heterocycles. The van der Waals surface area contributed by atoms with Gasteiger partial charge in [0.05, 0.1) is 19.3 Å². The molecule has 0 aromatic carbocycles. The fraction of sp³-hybridized carbons (Fsp3) is 0.733. The lowest BCUT2D eigenvalue weighted by Crippen LogP contribution is -2.48. The van der Waals surface area contributed by atoms with Gasteiger partial charge in [0, 0.05) is 19.6 Å². The van der Waals surface area contributed by atoms with Crippen molar-refractivity contribution in [2.45, 2.75) is 25.8 Å². The van der Waals surface area contributed by atoms with E-state index in [1.54, 1.807) is 0 Å². The quantitative estimate of drug-likeness (QED) is 0.830. The van der Waals surface area contributed by atoms with Gasteiger partial charge in [-0.25, -0.2) is 4.72 Å². The fourth-order valence-corrected chi connectivity index (χ4v) is 4.34. The molecule has 2 aliphatic heterocycles. The predicted octanol–water partition coefficient (Wildman–Crippen LogP) is 0.892. The molecule has 0 aliphatic carbocycles. The van der Waals surface area contributed by atoms with Crippen molar-refractivity contribution in [2.24, 2.45) is 0 Å². The second-order valence-electron chi connectivity index (χ2n) is 6.07. The first-order chi connectivity index (χ1) is 11.1. The maximum absolute atomic E-state index is 12.5. The average Bonchev–Trinajstić information content (AvgIpc) is 3.21. The highest BCUT2D eigenvalue weighted by molar-refractivity contribution is 7.87. The number of nitrogens with one attached hydrogen (secondary N) is 1. The van der Waals surface area contributed by atoms with Gasteiger partial charge in [-0.2, -0.15) is 12.7 Å². The zero-order valence-electron chi connectivity index (χ0n) is 13.5. The third-order valence-corrected chi connectivity index (χ3v) is 6.02. The fourth-order valence-electron chi connectivity index (χ4n) is 3.16. The van der Waals surface area contributed by atoms with Gasteiger partial charge in [-0.3, -0.25) is 4.90 Å². The summed E-state index contributed by atoms with van der Waals surface area (Å²) in [5.74, 6) is 1.68. The Bertz CT molecular complexity index is 604. The van der Waals surface area contributed by atoms with Crippen molar-refractivity contribution in [1.82, 2.24) is 13.9 Å². The average molecular weight is 343 g/mol. The summed E-state index contributed by atoms with van der Waals surface area (Å²) in [5, 5.41) is 0. The predicted molar refractivity (Wildman–Crippen MR) is 86.3 cm³/mol. The highest BCUT2D eigenvalue weighted by atomic mass is 32.2. The lowest BCUT2D eigenvalue weighted by atomic mass is 10.2. The van der Waals surface area contributed by atoms with Gasteiger partial charge in [-0.05, 0) is 45.0 Å². The summed E-state index contributed by atoms with van der Waals surface area (Å²) in [6.45, 7) is 5.90. The highest BCUT2D eigenvalue weighted by Crippen LogP contribution is 2.26. The van der Waals surface area contributed by atoms with E-state index in [0.717, 1.165) is 37.5 Å². The molecule has 1 atom stereocenters. The van der Waals surface area contributed by atoms with Crippen LogP contribution in [0.1, 0.15) is 30.4 Å². The maximum atomic E-state index is 12.5. The Kier molecular flexibility index (Phi) is 5.38. The Hall–Kier alpha value is -0.930. The molecule has 23 heavy (non-hydrogen) atoms. The minimum absolute atomic E-state index is 0.0537. The van der Waals surface area contributed by atoms with Crippen LogP contribution >= 0.6 is 0 Å². The van der Waals surface area contributed by atoms with Gasteiger partial charge in [0.15, 0.2) is 0 Å². The minimum Gasteiger partial charge on any atom is -0.465 e. The molecule has 2 fully saturated rings. The van der Waals surface area contributed by atoms with E-state index in [-0.39, 0.29) is 6.04 Å². The molecule has 0 radical (unpaired) electrons. The highest BCUT2D eigenvalue weighted by Gasteiger charge is 2.30. The SMILES string of the molecule is Cc1ccc(C(CNS(=O)(=O)N2CCOCC2)N2CCCC2)o1. The van der Waals surface area contributed by atoms with Crippen molar-refractivity contribution in [3.05, 3.63) is 23.7 Å². The number of rotatable bonds is 6. The molecule has 3 heterocycles. The monoisotopic (exact) mass is 343 g/mol. The zero-order valence-corrected chi connectivity index (χ0v) is 14.3. The summed E-state index contributed by atoms with van der Waals surface area (Å²) in [6.07, 6.45) is 2.29. The number of furan rings is 1. The molecule has 0 bridgehead atoms. The lowest BCUT2D eigenvalue weighted by molar-refractivity contribution is 0.0723. The molecular formula is C15H25N3O4S. The molecule has 1 unspecified atom stereocenters. The Labute approximate surface area is 137 Å². The van der Waals surface area contributed by atoms with Gasteiger partial charge in [0.1, 0.15) is 11.5 Å². The van der Waals surface area contributed by atoms with Crippen molar-refractivity contribution in [3.63, 3.8) is 0 Å². The number of ether oxygens (including phenoxy) is 1. The number of hydrogen-bond acceptors (Lipinski definition) is 5. The van der Waals surface area contributed by atoms with E-state index in [0.29, 0.717) is 32.8 Å². The first-order valence-electron chi connectivity index (χ1n) is 8.19. The van der Waals surface area contributed by atoms with Crippen LogP contribution in [-0.4, -0.2) is 63.6 Å². The van der Waals surface area contributed by atoms with Crippen LogP contribution in [0.15, 0.2) is 16.5 Å². The third-order valence-electron chi connectivity index (χ3n) is 4.44. The van der Waals surface area contributed by atoms with E-state index in [2.05, 4.69) is 9.62 Å². The molecule has 8 heteroatoms. The Morgan fingerprint density at radius 1 is 1.17 bits per heavy atom. The molecule has 0 saturated carbocycles. The third kappa shape index (κ3) is 4.13. The van der Waals surface area contributed by atoms with E-state index in [9.17, 15) is 8.42 Å². The van der Waals surface area contributed by atoms with Gasteiger partial charge >= 0.3 is 0 Å². The smallest absolute Gasteiger partial charge is 0.279 e. The zero-order chi connectivity index (χ0) is 16.3. The number of likely N-dealkylation sites (tertiary alicyclic amines) is 1. The second-order valence-corrected chi connectivity index (χ2v) is 7.83. The Morgan fingerprint density at radius 3 is 2.48 bits per heavy atom. The van der Waals surface area contributed by atoms with E-state index < -0.39 is 10.2 Å². The van der Waals surface area contributed by atoms with E-state index in [4.69, 9.17) is 9.15 Å². The summed E-state index contributed by atoms with van der Waals surface area (Å²) in [5.41, 5.74) is 0. The van der Waals surface area contributed by atoms with Crippen LogP contribution in [0.4, 0.5) is 0 Å². The first kappa shape index (κ1) is 16.9. The van der Waals surface area contributed by atoms with Crippen LogP contribution in [-0.2, 0) is 14.9 Å². The second kappa shape index (κ2) is 7.31. The summed E-state index contributed by atoms with van der Waals surface area (Å²) >= 11 is 0. The summed E-state index contributed by atoms with van der Waals surface area (Å²) in [6, 6.07) is 3.82. The molecule has 1 N–H and O–H groups in total. The topological polar surface area (TPSA) is 75.0 Å². The molecule has 2 aliphatic rings. The normalized spacial score (nSPS) is 22.5. The van der Waals surface area contributed by atoms with Crippen molar-refractivity contribution in [3.8, 4) is 0 Å². The van der Waals surface area contributed by atoms with Crippen LogP contribution in [0, 0.1) is 6.92 Å². The number of morpholine rings is 1. The molecule has 3 rings (SSSR count). The van der Waals surface area contributed by atoms with Crippen LogP contribution < -0.4 is 4.72 Å². The first-order valence-corrected chi connectivity index (χ1v) is 9.63. The number of hydrogen-bond donors (Lipinski definition) is 1. The van der Waals surface area contributed by atoms with Crippen LogP contribution in [0.25, 0.3) is 0 Å². The number of aryl methyl sites for hydroxylation is 1. The maximum Gasteiger partial charge on any atom is 0.279 e. The Balaban J connectivity index is 1.68. The lowest BCUT2D eigenvalue weighted by Gasteiger charge is -2.29. The molecule has 1 aromatic rings. The van der Waals surface area contributed by atoms with Crippen molar-refractivity contribution < 1.29 is 17.6 Å². The molecule has 0 amide bonds. The standard InChI is InChI=1S/C15H25N3O4S/c1-13-4-5-15(22-13)14(17-6-2-3-7-17)12-16-23(19,20)18-8-10-21-11-9-18/h4-5,14,16H,2-3,6-12H2,1H3. The van der Waals surface area contributed by atoms with Gasteiger partial charge < -0.3 is 9.15 Å². The van der Waals surface area contributed by atoms with Crippen LogP contribution in [0.5, 0.6) is 0 Å². The van der Waals surface area contributed by atoms with E-state index >= 15 is 0 Å².